The van der Waals surface area contributed by atoms with Gasteiger partial charge in [-0.05, 0) is 24.8 Å². The lowest BCUT2D eigenvalue weighted by Gasteiger charge is -2.20. The summed E-state index contributed by atoms with van der Waals surface area (Å²) in [7, 11) is 0. The van der Waals surface area contributed by atoms with Gasteiger partial charge in [-0.25, -0.2) is 4.98 Å². The van der Waals surface area contributed by atoms with Gasteiger partial charge in [0.1, 0.15) is 5.71 Å². The average Bonchev–Trinajstić information content (AvgIpc) is 3.24. The molecule has 1 aliphatic rings. The summed E-state index contributed by atoms with van der Waals surface area (Å²) in [5.41, 5.74) is -0.0695. The number of imidazole rings is 1. The standard InChI is InChI=1S/C15H18N4O2S/c1-15(10-12(18-21-15)13-4-2-9-22-13)14(20)17-5-3-7-19-8-6-16-11-19/h2,4,6,8-9,11H,3,5,7,10H2,1H3,(H,17,20)/t15-/m1/s1. The summed E-state index contributed by atoms with van der Waals surface area (Å²) in [4.78, 5) is 22.8. The Kier molecular flexibility index (Phi) is 4.24. The van der Waals surface area contributed by atoms with Gasteiger partial charge in [0.2, 0.25) is 5.60 Å². The fourth-order valence-corrected chi connectivity index (χ4v) is 3.01. The summed E-state index contributed by atoms with van der Waals surface area (Å²) in [6.07, 6.45) is 6.77. The Labute approximate surface area is 132 Å². The maximum Gasteiger partial charge on any atom is 0.267 e. The normalized spacial score (nSPS) is 20.5. The summed E-state index contributed by atoms with van der Waals surface area (Å²) in [5, 5.41) is 8.99. The van der Waals surface area contributed by atoms with Gasteiger partial charge in [0.15, 0.2) is 0 Å². The topological polar surface area (TPSA) is 68.5 Å². The van der Waals surface area contributed by atoms with Gasteiger partial charge in [-0.15, -0.1) is 11.3 Å². The van der Waals surface area contributed by atoms with Gasteiger partial charge in [-0.3, -0.25) is 4.79 Å². The molecule has 0 aromatic carbocycles. The van der Waals surface area contributed by atoms with Crippen molar-refractivity contribution < 1.29 is 9.63 Å². The minimum Gasteiger partial charge on any atom is -0.379 e. The number of hydrogen-bond acceptors (Lipinski definition) is 5. The van der Waals surface area contributed by atoms with Crippen molar-refractivity contribution in [3.63, 3.8) is 0 Å². The number of carbonyl (C=O) groups is 1. The van der Waals surface area contributed by atoms with E-state index in [1.165, 1.54) is 0 Å². The molecule has 2 aromatic rings. The Balaban J connectivity index is 1.46. The zero-order valence-electron chi connectivity index (χ0n) is 12.4. The van der Waals surface area contributed by atoms with Gasteiger partial charge in [0.25, 0.3) is 5.91 Å². The predicted octanol–water partition coefficient (Wildman–Crippen LogP) is 2.03. The number of carbonyl (C=O) groups excluding carboxylic acids is 1. The third-order valence-corrected chi connectivity index (χ3v) is 4.50. The predicted molar refractivity (Wildman–Crippen MR) is 84.8 cm³/mol. The summed E-state index contributed by atoms with van der Waals surface area (Å²) in [5.74, 6) is -0.117. The highest BCUT2D eigenvalue weighted by molar-refractivity contribution is 7.12. The molecule has 1 aliphatic heterocycles. The van der Waals surface area contributed by atoms with Crippen LogP contribution >= 0.6 is 11.3 Å². The zero-order valence-corrected chi connectivity index (χ0v) is 13.2. The quantitative estimate of drug-likeness (QED) is 0.829. The van der Waals surface area contributed by atoms with Crippen molar-refractivity contribution in [2.75, 3.05) is 6.54 Å². The molecule has 0 fully saturated rings. The second kappa shape index (κ2) is 6.31. The van der Waals surface area contributed by atoms with Crippen molar-refractivity contribution in [3.05, 3.63) is 41.1 Å². The lowest BCUT2D eigenvalue weighted by atomic mass is 9.98. The first-order chi connectivity index (χ1) is 10.7. The minimum absolute atomic E-state index is 0.117. The minimum atomic E-state index is -0.908. The van der Waals surface area contributed by atoms with Crippen LogP contribution < -0.4 is 5.32 Å². The molecule has 2 aromatic heterocycles. The lowest BCUT2D eigenvalue weighted by molar-refractivity contribution is -0.141. The summed E-state index contributed by atoms with van der Waals surface area (Å²) in [6, 6.07) is 3.95. The van der Waals surface area contributed by atoms with Crippen LogP contribution in [0.15, 0.2) is 41.4 Å². The van der Waals surface area contributed by atoms with Gasteiger partial charge in [0.05, 0.1) is 11.2 Å². The third-order valence-electron chi connectivity index (χ3n) is 3.59. The van der Waals surface area contributed by atoms with E-state index in [1.54, 1.807) is 30.8 Å². The number of oxime groups is 1. The smallest absolute Gasteiger partial charge is 0.267 e. The number of amides is 1. The second-order valence-electron chi connectivity index (χ2n) is 5.42. The van der Waals surface area contributed by atoms with Crippen molar-refractivity contribution in [2.45, 2.75) is 31.9 Å². The zero-order chi connectivity index (χ0) is 15.4. The van der Waals surface area contributed by atoms with Crippen molar-refractivity contribution in [1.29, 1.82) is 0 Å². The highest BCUT2D eigenvalue weighted by Gasteiger charge is 2.42. The highest BCUT2D eigenvalue weighted by Crippen LogP contribution is 2.28. The Hall–Kier alpha value is -2.15. The Morgan fingerprint density at radius 1 is 1.59 bits per heavy atom. The first-order valence-electron chi connectivity index (χ1n) is 7.20. The molecule has 1 N–H and O–H groups in total. The van der Waals surface area contributed by atoms with E-state index in [-0.39, 0.29) is 5.91 Å². The van der Waals surface area contributed by atoms with Crippen LogP contribution in [-0.2, 0) is 16.2 Å². The third kappa shape index (κ3) is 3.19. The maximum atomic E-state index is 12.3. The van der Waals surface area contributed by atoms with Crippen molar-refractivity contribution >= 4 is 23.0 Å². The molecule has 0 saturated heterocycles. The van der Waals surface area contributed by atoms with Crippen LogP contribution in [-0.4, -0.2) is 33.3 Å². The number of rotatable bonds is 6. The molecule has 1 atom stereocenters. The number of aromatic nitrogens is 2. The van der Waals surface area contributed by atoms with E-state index in [0.29, 0.717) is 13.0 Å². The molecular weight excluding hydrogens is 300 g/mol. The molecule has 1 amide bonds. The van der Waals surface area contributed by atoms with Crippen LogP contribution in [0.3, 0.4) is 0 Å². The van der Waals surface area contributed by atoms with Crippen LogP contribution in [0.1, 0.15) is 24.6 Å². The van der Waals surface area contributed by atoms with Gasteiger partial charge in [-0.1, -0.05) is 11.2 Å². The molecular formula is C15H18N4O2S. The number of aryl methyl sites for hydroxylation is 1. The summed E-state index contributed by atoms with van der Waals surface area (Å²) in [6.45, 7) is 3.21. The first kappa shape index (κ1) is 14.8. The number of thiophene rings is 1. The Morgan fingerprint density at radius 3 is 3.23 bits per heavy atom. The van der Waals surface area contributed by atoms with E-state index in [4.69, 9.17) is 4.84 Å². The second-order valence-corrected chi connectivity index (χ2v) is 6.37. The van der Waals surface area contributed by atoms with Gasteiger partial charge >= 0.3 is 0 Å². The van der Waals surface area contributed by atoms with E-state index < -0.39 is 5.60 Å². The number of nitrogens with zero attached hydrogens (tertiary/aromatic N) is 3. The van der Waals surface area contributed by atoms with E-state index in [1.807, 2.05) is 28.3 Å². The van der Waals surface area contributed by atoms with Gasteiger partial charge in [-0.2, -0.15) is 0 Å². The molecule has 3 rings (SSSR count). The van der Waals surface area contributed by atoms with Crippen molar-refractivity contribution in [1.82, 2.24) is 14.9 Å². The van der Waals surface area contributed by atoms with Crippen LogP contribution in [0, 0.1) is 0 Å². The number of hydrogen-bond donors (Lipinski definition) is 1. The molecule has 22 heavy (non-hydrogen) atoms. The first-order valence-corrected chi connectivity index (χ1v) is 8.08. The highest BCUT2D eigenvalue weighted by atomic mass is 32.1. The Morgan fingerprint density at radius 2 is 2.50 bits per heavy atom. The fraction of sp³-hybridized carbons (Fsp3) is 0.400. The summed E-state index contributed by atoms with van der Waals surface area (Å²) < 4.78 is 1.98. The van der Waals surface area contributed by atoms with Crippen LogP contribution in [0.4, 0.5) is 0 Å². The van der Waals surface area contributed by atoms with E-state index in [9.17, 15) is 4.79 Å². The van der Waals surface area contributed by atoms with Crippen LogP contribution in [0.25, 0.3) is 0 Å². The van der Waals surface area contributed by atoms with Crippen molar-refractivity contribution in [3.8, 4) is 0 Å². The fourth-order valence-electron chi connectivity index (χ4n) is 2.31. The number of nitrogens with one attached hydrogen (secondary N) is 1. The molecule has 116 valence electrons. The van der Waals surface area contributed by atoms with Crippen molar-refractivity contribution in [2.24, 2.45) is 5.16 Å². The molecule has 0 radical (unpaired) electrons. The molecule has 6 nitrogen and oxygen atoms in total. The molecule has 7 heteroatoms. The Bertz CT molecular complexity index is 651. The largest absolute Gasteiger partial charge is 0.379 e. The van der Waals surface area contributed by atoms with Gasteiger partial charge in [0, 0.05) is 31.9 Å². The van der Waals surface area contributed by atoms with E-state index in [2.05, 4.69) is 15.5 Å². The van der Waals surface area contributed by atoms with Crippen LogP contribution in [0.2, 0.25) is 0 Å². The molecule has 0 unspecified atom stereocenters. The lowest BCUT2D eigenvalue weighted by Crippen LogP contribution is -2.45. The average molecular weight is 318 g/mol. The monoisotopic (exact) mass is 318 g/mol. The van der Waals surface area contributed by atoms with Gasteiger partial charge < -0.3 is 14.7 Å². The molecule has 0 aliphatic carbocycles. The van der Waals surface area contributed by atoms with E-state index in [0.717, 1.165) is 23.6 Å². The SMILES string of the molecule is C[C@]1(C(=O)NCCCn2ccnc2)CC(c2cccs2)=NO1. The van der Waals surface area contributed by atoms with Crippen LogP contribution in [0.5, 0.6) is 0 Å². The molecule has 0 spiro atoms. The molecule has 3 heterocycles. The van der Waals surface area contributed by atoms with E-state index >= 15 is 0 Å². The maximum absolute atomic E-state index is 12.3. The molecule has 0 bridgehead atoms. The molecule has 0 saturated carbocycles. The summed E-state index contributed by atoms with van der Waals surface area (Å²) >= 11 is 1.60.